The second-order valence-corrected chi connectivity index (χ2v) is 5.45. The molecule has 0 bridgehead atoms. The fourth-order valence-corrected chi connectivity index (χ4v) is 2.36. The van der Waals surface area contributed by atoms with Crippen molar-refractivity contribution in [3.63, 3.8) is 0 Å². The van der Waals surface area contributed by atoms with E-state index in [9.17, 15) is 4.79 Å². The fraction of sp³-hybridized carbons (Fsp3) is 0.316. The van der Waals surface area contributed by atoms with Crippen LogP contribution in [0.3, 0.4) is 0 Å². The minimum Gasteiger partial charge on any atom is -0.494 e. The monoisotopic (exact) mass is 328 g/mol. The summed E-state index contributed by atoms with van der Waals surface area (Å²) in [4.78, 5) is 12.1. The number of hydrogen-bond acceptors (Lipinski definition) is 5. The molecule has 0 unspecified atom stereocenters. The first-order valence-electron chi connectivity index (χ1n) is 8.06. The maximum absolute atomic E-state index is 12.1. The molecule has 0 aliphatic carbocycles. The van der Waals surface area contributed by atoms with Crippen molar-refractivity contribution in [1.82, 2.24) is 0 Å². The Labute approximate surface area is 141 Å². The lowest BCUT2D eigenvalue weighted by Gasteiger charge is -2.18. The number of fused-ring (bicyclic) bond motifs is 1. The van der Waals surface area contributed by atoms with Gasteiger partial charge in [-0.1, -0.05) is 13.0 Å². The second kappa shape index (κ2) is 7.73. The van der Waals surface area contributed by atoms with Crippen molar-refractivity contribution in [2.45, 2.75) is 19.8 Å². The average Bonchev–Trinajstić information content (AvgIpc) is 2.61. The van der Waals surface area contributed by atoms with Crippen molar-refractivity contribution in [3.8, 4) is 23.0 Å². The van der Waals surface area contributed by atoms with E-state index in [1.807, 2.05) is 25.1 Å². The molecule has 0 N–H and O–H groups in total. The molecule has 0 spiro atoms. The van der Waals surface area contributed by atoms with Gasteiger partial charge in [-0.2, -0.15) is 0 Å². The Bertz CT molecular complexity index is 693. The molecule has 24 heavy (non-hydrogen) atoms. The molecule has 3 rings (SSSR count). The van der Waals surface area contributed by atoms with Gasteiger partial charge in [-0.3, -0.25) is 4.79 Å². The molecule has 0 amide bonds. The third-order valence-electron chi connectivity index (χ3n) is 3.48. The van der Waals surface area contributed by atoms with Crippen LogP contribution in [-0.4, -0.2) is 25.8 Å². The number of esters is 1. The van der Waals surface area contributed by atoms with Gasteiger partial charge in [0.1, 0.15) is 24.7 Å². The van der Waals surface area contributed by atoms with E-state index in [4.69, 9.17) is 18.9 Å². The van der Waals surface area contributed by atoms with E-state index in [0.717, 1.165) is 17.7 Å². The van der Waals surface area contributed by atoms with Crippen LogP contribution >= 0.6 is 0 Å². The Hall–Kier alpha value is -2.69. The Kier molecular flexibility index (Phi) is 5.21. The zero-order valence-corrected chi connectivity index (χ0v) is 13.6. The zero-order valence-electron chi connectivity index (χ0n) is 13.6. The smallest absolute Gasteiger partial charge is 0.315 e. The van der Waals surface area contributed by atoms with Crippen LogP contribution in [0.1, 0.15) is 18.9 Å². The highest BCUT2D eigenvalue weighted by Gasteiger charge is 2.14. The molecule has 0 fully saturated rings. The molecule has 126 valence electrons. The molecule has 1 aliphatic heterocycles. The predicted molar refractivity (Wildman–Crippen MR) is 89.0 cm³/mol. The molecule has 2 aromatic rings. The molecule has 0 radical (unpaired) electrons. The molecule has 5 heteroatoms. The van der Waals surface area contributed by atoms with Crippen LogP contribution in [0.2, 0.25) is 0 Å². The normalized spacial score (nSPS) is 12.5. The highest BCUT2D eigenvalue weighted by atomic mass is 16.6. The Morgan fingerprint density at radius 1 is 1.00 bits per heavy atom. The van der Waals surface area contributed by atoms with Crippen LogP contribution in [0.4, 0.5) is 0 Å². The van der Waals surface area contributed by atoms with E-state index >= 15 is 0 Å². The van der Waals surface area contributed by atoms with Gasteiger partial charge in [-0.15, -0.1) is 0 Å². The summed E-state index contributed by atoms with van der Waals surface area (Å²) >= 11 is 0. The van der Waals surface area contributed by atoms with Crippen LogP contribution in [-0.2, 0) is 11.2 Å². The molecule has 1 aliphatic rings. The summed E-state index contributed by atoms with van der Waals surface area (Å²) in [7, 11) is 0. The number of rotatable bonds is 6. The van der Waals surface area contributed by atoms with Crippen LogP contribution in [0, 0.1) is 0 Å². The number of carbonyl (C=O) groups is 1. The Balaban J connectivity index is 1.57. The third kappa shape index (κ3) is 4.19. The standard InChI is InChI=1S/C19H20O5/c1-2-9-21-15-4-6-16(7-5-15)24-19(20)13-14-3-8-17-18(12-14)23-11-10-22-17/h3-8,12H,2,9-11,13H2,1H3. The molecule has 1 heterocycles. The van der Waals surface area contributed by atoms with E-state index in [-0.39, 0.29) is 12.4 Å². The van der Waals surface area contributed by atoms with Gasteiger partial charge in [0, 0.05) is 0 Å². The third-order valence-corrected chi connectivity index (χ3v) is 3.48. The van der Waals surface area contributed by atoms with Gasteiger partial charge >= 0.3 is 5.97 Å². The molecular weight excluding hydrogens is 308 g/mol. The van der Waals surface area contributed by atoms with E-state index in [1.165, 1.54) is 0 Å². The first-order valence-corrected chi connectivity index (χ1v) is 8.06. The summed E-state index contributed by atoms with van der Waals surface area (Å²) in [6.45, 7) is 3.79. The molecular formula is C19H20O5. The maximum atomic E-state index is 12.1. The summed E-state index contributed by atoms with van der Waals surface area (Å²) in [5.74, 6) is 2.32. The van der Waals surface area contributed by atoms with Crippen molar-refractivity contribution < 1.29 is 23.7 Å². The van der Waals surface area contributed by atoms with E-state index in [2.05, 4.69) is 0 Å². The van der Waals surface area contributed by atoms with Crippen LogP contribution in [0.15, 0.2) is 42.5 Å². The fourth-order valence-electron chi connectivity index (χ4n) is 2.36. The van der Waals surface area contributed by atoms with Gasteiger partial charge in [0.05, 0.1) is 13.0 Å². The molecule has 0 saturated carbocycles. The molecule has 5 nitrogen and oxygen atoms in total. The first kappa shape index (κ1) is 16.2. The van der Waals surface area contributed by atoms with Crippen LogP contribution in [0.25, 0.3) is 0 Å². The minimum atomic E-state index is -0.325. The SMILES string of the molecule is CCCOc1ccc(OC(=O)Cc2ccc3c(c2)OCCO3)cc1. The van der Waals surface area contributed by atoms with Crippen LogP contribution < -0.4 is 18.9 Å². The van der Waals surface area contributed by atoms with Crippen molar-refractivity contribution in [3.05, 3.63) is 48.0 Å². The van der Waals surface area contributed by atoms with Gasteiger partial charge in [0.25, 0.3) is 0 Å². The quantitative estimate of drug-likeness (QED) is 0.601. The van der Waals surface area contributed by atoms with Crippen molar-refractivity contribution in [2.24, 2.45) is 0 Å². The average molecular weight is 328 g/mol. The van der Waals surface area contributed by atoms with E-state index < -0.39 is 0 Å². The lowest BCUT2D eigenvalue weighted by Crippen LogP contribution is -2.16. The van der Waals surface area contributed by atoms with Crippen molar-refractivity contribution in [1.29, 1.82) is 0 Å². The van der Waals surface area contributed by atoms with Gasteiger partial charge < -0.3 is 18.9 Å². The number of ether oxygens (including phenoxy) is 4. The number of benzene rings is 2. The summed E-state index contributed by atoms with van der Waals surface area (Å²) < 4.78 is 21.8. The summed E-state index contributed by atoms with van der Waals surface area (Å²) in [5, 5.41) is 0. The predicted octanol–water partition coefficient (Wildman–Crippen LogP) is 3.39. The number of carbonyl (C=O) groups excluding carboxylic acids is 1. The topological polar surface area (TPSA) is 54.0 Å². The summed E-state index contributed by atoms with van der Waals surface area (Å²) in [6.07, 6.45) is 1.12. The molecule has 2 aromatic carbocycles. The number of hydrogen-bond donors (Lipinski definition) is 0. The van der Waals surface area contributed by atoms with Gasteiger partial charge in [0.2, 0.25) is 0 Å². The Morgan fingerprint density at radius 2 is 1.71 bits per heavy atom. The largest absolute Gasteiger partial charge is 0.494 e. The second-order valence-electron chi connectivity index (χ2n) is 5.45. The molecule has 0 aromatic heterocycles. The lowest BCUT2D eigenvalue weighted by atomic mass is 10.1. The summed E-state index contributed by atoms with van der Waals surface area (Å²) in [5.41, 5.74) is 0.826. The zero-order chi connectivity index (χ0) is 16.8. The van der Waals surface area contributed by atoms with Gasteiger partial charge in [-0.25, -0.2) is 0 Å². The lowest BCUT2D eigenvalue weighted by molar-refractivity contribution is -0.133. The van der Waals surface area contributed by atoms with Crippen molar-refractivity contribution in [2.75, 3.05) is 19.8 Å². The first-order chi connectivity index (χ1) is 11.7. The highest BCUT2D eigenvalue weighted by molar-refractivity contribution is 5.75. The highest BCUT2D eigenvalue weighted by Crippen LogP contribution is 2.31. The maximum Gasteiger partial charge on any atom is 0.315 e. The Morgan fingerprint density at radius 3 is 2.46 bits per heavy atom. The molecule has 0 atom stereocenters. The van der Waals surface area contributed by atoms with Gasteiger partial charge in [0.15, 0.2) is 11.5 Å². The summed E-state index contributed by atoms with van der Waals surface area (Å²) in [6, 6.07) is 12.5. The molecule has 0 saturated heterocycles. The van der Waals surface area contributed by atoms with Gasteiger partial charge in [-0.05, 0) is 48.4 Å². The van der Waals surface area contributed by atoms with Crippen LogP contribution in [0.5, 0.6) is 23.0 Å². The van der Waals surface area contributed by atoms with E-state index in [1.54, 1.807) is 24.3 Å². The van der Waals surface area contributed by atoms with Crippen molar-refractivity contribution >= 4 is 5.97 Å². The van der Waals surface area contributed by atoms with E-state index in [0.29, 0.717) is 37.1 Å². The minimum absolute atomic E-state index is 0.171.